The molecule has 3 fully saturated rings. The summed E-state index contributed by atoms with van der Waals surface area (Å²) >= 11 is 12.7. The third-order valence-corrected chi connectivity index (χ3v) is 11.9. The Morgan fingerprint density at radius 1 is 0.873 bits per heavy atom. The second kappa shape index (κ2) is 13.1. The summed E-state index contributed by atoms with van der Waals surface area (Å²) in [6.07, 6.45) is -3.57. The van der Waals surface area contributed by atoms with Crippen LogP contribution in [-0.2, 0) is 24.6 Å². The quantitative estimate of drug-likeness (QED) is 0.115. The fraction of sp³-hybridized carbons (Fsp3) is 0.250. The average molecular weight is 795 g/mol. The number of alkyl halides is 3. The molecule has 0 unspecified atom stereocenters. The molecule has 2 N–H and O–H groups in total. The number of allylic oxidation sites excluding steroid dienone is 2. The maximum absolute atomic E-state index is 15.2. The molecule has 2 aliphatic carbocycles. The summed E-state index contributed by atoms with van der Waals surface area (Å²) in [6.45, 7) is 1.77. The Bertz CT molecular complexity index is 2320. The van der Waals surface area contributed by atoms with Gasteiger partial charge in [-0.25, -0.2) is 9.29 Å². The number of nitrogens with zero attached hydrogens (tertiary/aromatic N) is 2. The number of fused-ring (bicyclic) bond motifs is 4. The highest BCUT2D eigenvalue weighted by molar-refractivity contribution is 6.32. The minimum atomic E-state index is -5.12. The number of carbonyl (C=O) groups excluding carboxylic acids is 4. The summed E-state index contributed by atoms with van der Waals surface area (Å²) in [7, 11) is 0. The van der Waals surface area contributed by atoms with Gasteiger partial charge in [0.1, 0.15) is 17.3 Å². The number of aryl methyl sites for hydroxylation is 1. The molecule has 4 aliphatic rings. The van der Waals surface area contributed by atoms with Gasteiger partial charge in [-0.3, -0.25) is 24.6 Å². The number of aromatic hydroxyl groups is 1. The van der Waals surface area contributed by atoms with Gasteiger partial charge in [-0.1, -0.05) is 53.1 Å². The molecule has 6 atom stereocenters. The van der Waals surface area contributed by atoms with Crippen molar-refractivity contribution in [1.82, 2.24) is 5.01 Å². The van der Waals surface area contributed by atoms with Gasteiger partial charge in [0.05, 0.1) is 34.5 Å². The zero-order valence-corrected chi connectivity index (χ0v) is 30.1. The van der Waals surface area contributed by atoms with E-state index in [4.69, 9.17) is 23.2 Å². The maximum Gasteiger partial charge on any atom is 0.573 e. The van der Waals surface area contributed by atoms with Gasteiger partial charge in [-0.15, -0.1) is 13.2 Å². The van der Waals surface area contributed by atoms with Gasteiger partial charge in [-0.2, -0.15) is 5.01 Å². The summed E-state index contributed by atoms with van der Waals surface area (Å²) in [6, 6.07) is 18.6. The summed E-state index contributed by atoms with van der Waals surface area (Å²) in [5.41, 5.74) is 2.43. The first-order valence-corrected chi connectivity index (χ1v) is 17.9. The third-order valence-electron chi connectivity index (χ3n) is 11.2. The lowest BCUT2D eigenvalue weighted by Crippen LogP contribution is -2.53. The Hall–Kier alpha value is -5.40. The molecule has 2 aliphatic heterocycles. The lowest BCUT2D eigenvalue weighted by atomic mass is 9.49. The molecule has 282 valence electrons. The molecule has 55 heavy (non-hydrogen) atoms. The standard InChI is InChI=1S/C40H29Cl2F4N3O6/c1-19-2-11-24(16-31(19)42)48-35(51)27-14-13-26-28(33(27)37(48)53)18-30-36(52)49(47-23-9-7-22(43)8-10-23)38(54)39(30,20-3-5-21(41)6-4-20)34(26)29-17-25(12-15-32(29)50)55-40(44,45)46/h2-13,15-17,27-28,30,33-34,47,50H,14,18H2,1H3/t27-,28+,30-,33-,34+,39+/m0/s1. The second-order valence-corrected chi connectivity index (χ2v) is 14.9. The number of benzene rings is 4. The SMILES string of the molecule is Cc1ccc(N2C(=O)[C@H]3[C@H](CC=C4[C@H]3C[C@H]3C(=O)N(Nc5ccc(F)cc5)C(=O)[C@@]3(c3ccc(Cl)cc3)[C@H]4c3cc(OC(F)(F)F)ccc3O)C2=O)cc1Cl. The fourth-order valence-electron chi connectivity index (χ4n) is 8.94. The van der Waals surface area contributed by atoms with Crippen molar-refractivity contribution >= 4 is 58.2 Å². The number of phenols is 1. The van der Waals surface area contributed by atoms with E-state index >= 15 is 4.79 Å². The number of hydrogen-bond donors (Lipinski definition) is 2. The maximum atomic E-state index is 15.2. The van der Waals surface area contributed by atoms with E-state index in [0.29, 0.717) is 10.6 Å². The van der Waals surface area contributed by atoms with Crippen molar-refractivity contribution in [3.63, 3.8) is 0 Å². The van der Waals surface area contributed by atoms with E-state index in [-0.39, 0.29) is 40.4 Å². The molecule has 8 rings (SSSR count). The number of anilines is 2. The summed E-state index contributed by atoms with van der Waals surface area (Å²) in [5.74, 6) is -9.93. The van der Waals surface area contributed by atoms with Gasteiger partial charge in [0, 0.05) is 21.5 Å². The Morgan fingerprint density at radius 2 is 1.58 bits per heavy atom. The number of hydrogen-bond acceptors (Lipinski definition) is 7. The summed E-state index contributed by atoms with van der Waals surface area (Å²) in [5, 5.41) is 12.9. The highest BCUT2D eigenvalue weighted by Crippen LogP contribution is 2.65. The Balaban J connectivity index is 1.34. The van der Waals surface area contributed by atoms with E-state index in [9.17, 15) is 37.1 Å². The van der Waals surface area contributed by atoms with Crippen LogP contribution in [0.25, 0.3) is 0 Å². The van der Waals surface area contributed by atoms with Crippen LogP contribution in [0.1, 0.15) is 35.4 Å². The van der Waals surface area contributed by atoms with Crippen molar-refractivity contribution in [2.45, 2.75) is 37.5 Å². The minimum Gasteiger partial charge on any atom is -0.508 e. The highest BCUT2D eigenvalue weighted by atomic mass is 35.5. The van der Waals surface area contributed by atoms with Crippen molar-refractivity contribution in [2.24, 2.45) is 23.7 Å². The first-order chi connectivity index (χ1) is 26.1. The molecule has 4 amide bonds. The van der Waals surface area contributed by atoms with Crippen LogP contribution in [0, 0.1) is 36.4 Å². The number of amides is 4. The van der Waals surface area contributed by atoms with Gasteiger partial charge in [0.15, 0.2) is 0 Å². The number of nitrogens with one attached hydrogen (secondary N) is 1. The number of rotatable bonds is 6. The fourth-order valence-corrected chi connectivity index (χ4v) is 9.24. The lowest BCUT2D eigenvalue weighted by molar-refractivity contribution is -0.274. The van der Waals surface area contributed by atoms with Gasteiger partial charge >= 0.3 is 6.36 Å². The molecule has 1 saturated carbocycles. The number of phenolic OH excluding ortho intramolecular Hbond substituents is 1. The Morgan fingerprint density at radius 3 is 2.25 bits per heavy atom. The topological polar surface area (TPSA) is 116 Å². The molecular weight excluding hydrogens is 765 g/mol. The zero-order valence-electron chi connectivity index (χ0n) is 28.6. The van der Waals surface area contributed by atoms with Gasteiger partial charge in [0.2, 0.25) is 11.8 Å². The van der Waals surface area contributed by atoms with Crippen LogP contribution in [0.2, 0.25) is 10.0 Å². The molecule has 0 spiro atoms. The average Bonchev–Trinajstić information content (AvgIpc) is 3.51. The van der Waals surface area contributed by atoms with Crippen LogP contribution in [0.5, 0.6) is 11.5 Å². The van der Waals surface area contributed by atoms with Gasteiger partial charge in [-0.05, 0) is 104 Å². The Labute approximate surface area is 321 Å². The van der Waals surface area contributed by atoms with Crippen LogP contribution in [0.15, 0.2) is 96.6 Å². The van der Waals surface area contributed by atoms with E-state index in [1.807, 2.05) is 0 Å². The predicted octanol–water partition coefficient (Wildman–Crippen LogP) is 8.23. The van der Waals surface area contributed by atoms with Crippen LogP contribution < -0.4 is 15.1 Å². The van der Waals surface area contributed by atoms with Crippen molar-refractivity contribution < 1.29 is 46.6 Å². The molecule has 0 radical (unpaired) electrons. The van der Waals surface area contributed by atoms with Crippen molar-refractivity contribution in [2.75, 3.05) is 10.3 Å². The molecule has 4 aromatic rings. The minimum absolute atomic E-state index is 0.00815. The van der Waals surface area contributed by atoms with Crippen LogP contribution in [0.4, 0.5) is 28.9 Å². The molecule has 4 aromatic carbocycles. The molecule has 0 aromatic heterocycles. The second-order valence-electron chi connectivity index (χ2n) is 14.1. The molecular formula is C40H29Cl2F4N3O6. The number of halogens is 6. The van der Waals surface area contributed by atoms with E-state index in [1.165, 1.54) is 42.5 Å². The van der Waals surface area contributed by atoms with Crippen LogP contribution in [0.3, 0.4) is 0 Å². The van der Waals surface area contributed by atoms with Crippen LogP contribution >= 0.6 is 23.2 Å². The normalized spacial score (nSPS) is 26.1. The first kappa shape index (κ1) is 36.6. The van der Waals surface area contributed by atoms with Crippen LogP contribution in [-0.4, -0.2) is 40.1 Å². The van der Waals surface area contributed by atoms with E-state index < -0.39 is 82.3 Å². The van der Waals surface area contributed by atoms with Gasteiger partial charge in [0.25, 0.3) is 11.8 Å². The summed E-state index contributed by atoms with van der Waals surface area (Å²) in [4.78, 5) is 59.6. The number of imide groups is 2. The molecule has 15 heteroatoms. The van der Waals surface area contributed by atoms with E-state index in [2.05, 4.69) is 10.2 Å². The highest BCUT2D eigenvalue weighted by Gasteiger charge is 2.70. The van der Waals surface area contributed by atoms with Crippen molar-refractivity contribution in [1.29, 1.82) is 0 Å². The lowest BCUT2D eigenvalue weighted by Gasteiger charge is -2.50. The Kier molecular flexibility index (Phi) is 8.73. The smallest absolute Gasteiger partial charge is 0.508 e. The van der Waals surface area contributed by atoms with E-state index in [1.54, 1.807) is 25.1 Å². The monoisotopic (exact) mass is 793 g/mol. The number of carbonyl (C=O) groups is 4. The molecule has 2 heterocycles. The van der Waals surface area contributed by atoms with Gasteiger partial charge < -0.3 is 9.84 Å². The molecule has 2 saturated heterocycles. The summed E-state index contributed by atoms with van der Waals surface area (Å²) < 4.78 is 58.9. The molecule has 9 nitrogen and oxygen atoms in total. The zero-order chi connectivity index (χ0) is 39.1. The third kappa shape index (κ3) is 5.83. The first-order valence-electron chi connectivity index (χ1n) is 17.2. The largest absolute Gasteiger partial charge is 0.573 e. The van der Waals surface area contributed by atoms with E-state index in [0.717, 1.165) is 45.8 Å². The number of ether oxygens (including phenoxy) is 1. The van der Waals surface area contributed by atoms with Crippen molar-refractivity contribution in [3.8, 4) is 11.5 Å². The molecule has 0 bridgehead atoms. The predicted molar refractivity (Wildman–Crippen MR) is 192 cm³/mol. The number of hydrazine groups is 1. The van der Waals surface area contributed by atoms with Crippen molar-refractivity contribution in [3.05, 3.63) is 129 Å².